The van der Waals surface area contributed by atoms with Crippen molar-refractivity contribution in [2.75, 3.05) is 37.6 Å². The summed E-state index contributed by atoms with van der Waals surface area (Å²) in [5, 5.41) is 7.91. The van der Waals surface area contributed by atoms with Crippen LogP contribution in [0.1, 0.15) is 0 Å². The fraction of sp³-hybridized carbons (Fsp3) is 0.412. The molecule has 6 heteroatoms. The number of hydrogen-bond acceptors (Lipinski definition) is 4. The summed E-state index contributed by atoms with van der Waals surface area (Å²) in [5.41, 5.74) is 1.97. The molecule has 1 amide bonds. The number of rotatable bonds is 2. The van der Waals surface area contributed by atoms with Crippen LogP contribution in [0.15, 0.2) is 36.4 Å². The number of carbonyl (C=O) groups is 1. The molecule has 23 heavy (non-hydrogen) atoms. The normalized spacial score (nSPS) is 22.2. The highest BCUT2D eigenvalue weighted by Gasteiger charge is 2.37. The van der Waals surface area contributed by atoms with Crippen molar-refractivity contribution >= 4 is 11.7 Å². The Balaban J connectivity index is 1.63. The van der Waals surface area contributed by atoms with Gasteiger partial charge in [-0.05, 0) is 0 Å². The maximum absolute atomic E-state index is 12.9. The molecule has 0 saturated carbocycles. The van der Waals surface area contributed by atoms with Gasteiger partial charge in [-0.25, -0.2) is 0 Å². The summed E-state index contributed by atoms with van der Waals surface area (Å²) in [7, 11) is 1.90. The second-order valence-corrected chi connectivity index (χ2v) is 6.12. The first-order valence-electron chi connectivity index (χ1n) is 8.09. The first-order valence-corrected chi connectivity index (χ1v) is 8.09. The van der Waals surface area contributed by atoms with Gasteiger partial charge in [0.1, 0.15) is 11.9 Å². The van der Waals surface area contributed by atoms with E-state index in [2.05, 4.69) is 15.3 Å². The minimum Gasteiger partial charge on any atom is -0.313 e. The molecule has 0 bridgehead atoms. The lowest BCUT2D eigenvalue weighted by Crippen LogP contribution is -2.64. The van der Waals surface area contributed by atoms with E-state index in [1.54, 1.807) is 0 Å². The second kappa shape index (κ2) is 5.79. The highest BCUT2D eigenvalue weighted by molar-refractivity contribution is 5.98. The van der Waals surface area contributed by atoms with Gasteiger partial charge in [-0.1, -0.05) is 30.3 Å². The van der Waals surface area contributed by atoms with E-state index >= 15 is 0 Å². The van der Waals surface area contributed by atoms with E-state index in [0.29, 0.717) is 0 Å². The third-order valence-corrected chi connectivity index (χ3v) is 4.72. The van der Waals surface area contributed by atoms with Gasteiger partial charge in [0.2, 0.25) is 5.91 Å². The van der Waals surface area contributed by atoms with Crippen molar-refractivity contribution in [2.24, 2.45) is 7.05 Å². The fourth-order valence-electron chi connectivity index (χ4n) is 3.46. The monoisotopic (exact) mass is 311 g/mol. The average molecular weight is 311 g/mol. The molecule has 1 aromatic heterocycles. The molecule has 1 aromatic carbocycles. The molecule has 2 saturated heterocycles. The van der Waals surface area contributed by atoms with Crippen LogP contribution in [-0.2, 0) is 11.8 Å². The predicted octanol–water partition coefficient (Wildman–Crippen LogP) is 0.707. The predicted molar refractivity (Wildman–Crippen MR) is 89.2 cm³/mol. The van der Waals surface area contributed by atoms with Crippen LogP contribution in [0, 0.1) is 0 Å². The van der Waals surface area contributed by atoms with Gasteiger partial charge in [0.25, 0.3) is 0 Å². The molecule has 1 N–H and O–H groups in total. The molecule has 4 rings (SSSR count). The molecule has 3 heterocycles. The van der Waals surface area contributed by atoms with Crippen molar-refractivity contribution in [1.82, 2.24) is 20.0 Å². The molecule has 2 aliphatic heterocycles. The number of aryl methyl sites for hydroxylation is 1. The summed E-state index contributed by atoms with van der Waals surface area (Å²) in [6.45, 7) is 4.30. The first-order chi connectivity index (χ1) is 11.2. The summed E-state index contributed by atoms with van der Waals surface area (Å²) in [4.78, 5) is 17.0. The minimum absolute atomic E-state index is 0.0485. The lowest BCUT2D eigenvalue weighted by Gasteiger charge is -2.42. The zero-order chi connectivity index (χ0) is 15.8. The Hall–Kier alpha value is -2.18. The van der Waals surface area contributed by atoms with Crippen LogP contribution in [0.3, 0.4) is 0 Å². The Labute approximate surface area is 135 Å². The Morgan fingerprint density at radius 3 is 2.83 bits per heavy atom. The summed E-state index contributed by atoms with van der Waals surface area (Å²) in [6, 6.07) is 12.0. The molecular weight excluding hydrogens is 290 g/mol. The summed E-state index contributed by atoms with van der Waals surface area (Å²) >= 11 is 0. The fourth-order valence-corrected chi connectivity index (χ4v) is 3.46. The van der Waals surface area contributed by atoms with Gasteiger partial charge in [0, 0.05) is 51.4 Å². The molecule has 0 radical (unpaired) electrons. The molecular formula is C17H21N5O. The number of nitrogens with zero attached hydrogens (tertiary/aromatic N) is 4. The lowest BCUT2D eigenvalue weighted by atomic mass is 10.1. The van der Waals surface area contributed by atoms with Crippen molar-refractivity contribution in [2.45, 2.75) is 6.04 Å². The van der Waals surface area contributed by atoms with Crippen molar-refractivity contribution in [3.8, 4) is 11.3 Å². The first kappa shape index (κ1) is 14.4. The Morgan fingerprint density at radius 2 is 2.00 bits per heavy atom. The summed E-state index contributed by atoms with van der Waals surface area (Å²) in [5.74, 6) is 1.05. The van der Waals surface area contributed by atoms with Gasteiger partial charge in [-0.15, -0.1) is 0 Å². The van der Waals surface area contributed by atoms with E-state index in [-0.39, 0.29) is 11.9 Å². The largest absolute Gasteiger partial charge is 0.313 e. The standard InChI is InChI=1S/C17H21N5O/c1-20-16(11-14(19-20)13-5-3-2-4-6-13)22-10-9-21-8-7-18-12-15(21)17(22)23/h2-6,11,15,18H,7-10,12H2,1H3/t15-/m1/s1. The van der Waals surface area contributed by atoms with Crippen molar-refractivity contribution in [3.05, 3.63) is 36.4 Å². The van der Waals surface area contributed by atoms with E-state index in [9.17, 15) is 4.79 Å². The van der Waals surface area contributed by atoms with Crippen molar-refractivity contribution in [1.29, 1.82) is 0 Å². The highest BCUT2D eigenvalue weighted by atomic mass is 16.2. The Bertz CT molecular complexity index is 711. The summed E-state index contributed by atoms with van der Waals surface area (Å²) < 4.78 is 1.81. The van der Waals surface area contributed by atoms with Gasteiger partial charge in [0.05, 0.1) is 5.69 Å². The third kappa shape index (κ3) is 2.54. The number of aromatic nitrogens is 2. The van der Waals surface area contributed by atoms with Gasteiger partial charge in [0.15, 0.2) is 0 Å². The van der Waals surface area contributed by atoms with E-state index in [1.165, 1.54) is 0 Å². The average Bonchev–Trinajstić information content (AvgIpc) is 2.98. The topological polar surface area (TPSA) is 53.4 Å². The minimum atomic E-state index is -0.0485. The number of fused-ring (bicyclic) bond motifs is 1. The number of carbonyl (C=O) groups excluding carboxylic acids is 1. The maximum Gasteiger partial charge on any atom is 0.246 e. The van der Waals surface area contributed by atoms with E-state index in [0.717, 1.165) is 49.8 Å². The smallest absolute Gasteiger partial charge is 0.246 e. The molecule has 2 aliphatic rings. The molecule has 6 nitrogen and oxygen atoms in total. The molecule has 2 fully saturated rings. The Morgan fingerprint density at radius 1 is 1.17 bits per heavy atom. The quantitative estimate of drug-likeness (QED) is 0.887. The zero-order valence-corrected chi connectivity index (χ0v) is 13.3. The van der Waals surface area contributed by atoms with Gasteiger partial charge in [-0.3, -0.25) is 19.3 Å². The number of benzene rings is 1. The SMILES string of the molecule is Cn1nc(-c2ccccc2)cc1N1CCN2CCNC[C@@H]2C1=O. The lowest BCUT2D eigenvalue weighted by molar-refractivity contribution is -0.126. The molecule has 2 aromatic rings. The number of hydrogen-bond donors (Lipinski definition) is 1. The third-order valence-electron chi connectivity index (χ3n) is 4.72. The number of piperazine rings is 2. The van der Waals surface area contributed by atoms with Crippen molar-refractivity contribution in [3.63, 3.8) is 0 Å². The van der Waals surface area contributed by atoms with Gasteiger partial charge >= 0.3 is 0 Å². The maximum atomic E-state index is 12.9. The van der Waals surface area contributed by atoms with Gasteiger partial charge in [-0.2, -0.15) is 5.10 Å². The number of nitrogens with one attached hydrogen (secondary N) is 1. The van der Waals surface area contributed by atoms with Crippen LogP contribution in [0.25, 0.3) is 11.3 Å². The Kier molecular flexibility index (Phi) is 3.63. The van der Waals surface area contributed by atoms with E-state index < -0.39 is 0 Å². The van der Waals surface area contributed by atoms with E-state index in [1.807, 2.05) is 53.0 Å². The number of amides is 1. The van der Waals surface area contributed by atoms with E-state index in [4.69, 9.17) is 0 Å². The zero-order valence-electron chi connectivity index (χ0n) is 13.3. The summed E-state index contributed by atoms with van der Waals surface area (Å²) in [6.07, 6.45) is 0. The highest BCUT2D eigenvalue weighted by Crippen LogP contribution is 2.26. The number of anilines is 1. The van der Waals surface area contributed by atoms with Crippen LogP contribution < -0.4 is 10.2 Å². The van der Waals surface area contributed by atoms with Crippen LogP contribution in [0.4, 0.5) is 5.82 Å². The van der Waals surface area contributed by atoms with Crippen LogP contribution in [0.5, 0.6) is 0 Å². The van der Waals surface area contributed by atoms with Crippen LogP contribution >= 0.6 is 0 Å². The molecule has 120 valence electrons. The van der Waals surface area contributed by atoms with Crippen molar-refractivity contribution < 1.29 is 4.79 Å². The van der Waals surface area contributed by atoms with Gasteiger partial charge < -0.3 is 5.32 Å². The second-order valence-electron chi connectivity index (χ2n) is 6.12. The molecule has 1 atom stereocenters. The molecule has 0 spiro atoms. The molecule has 0 aliphatic carbocycles. The van der Waals surface area contributed by atoms with Crippen LogP contribution in [-0.4, -0.2) is 59.4 Å². The molecule has 0 unspecified atom stereocenters. The van der Waals surface area contributed by atoms with Crippen LogP contribution in [0.2, 0.25) is 0 Å².